The van der Waals surface area contributed by atoms with E-state index in [1.165, 1.54) is 18.2 Å². The van der Waals surface area contributed by atoms with Gasteiger partial charge in [-0.25, -0.2) is 9.78 Å². The van der Waals surface area contributed by atoms with E-state index < -0.39 is 11.9 Å². The van der Waals surface area contributed by atoms with Crippen LogP contribution in [0.15, 0.2) is 24.4 Å². The second kappa shape index (κ2) is 5.33. The normalized spacial score (nSPS) is 10.5. The van der Waals surface area contributed by atoms with Crippen LogP contribution < -0.4 is 0 Å². The number of carboxylic acid groups (broad SMARTS) is 1. The van der Waals surface area contributed by atoms with Crippen molar-refractivity contribution >= 4 is 40.8 Å². The molecule has 0 fully saturated rings. The molecule has 0 saturated heterocycles. The summed E-state index contributed by atoms with van der Waals surface area (Å²) in [5.74, 6) is -2.20. The van der Waals surface area contributed by atoms with Crippen LogP contribution >= 0.6 is 34.8 Å². The van der Waals surface area contributed by atoms with Crippen molar-refractivity contribution in [3.63, 3.8) is 0 Å². The standard InChI is InChI=1S/C12H5Cl3FNO2/c13-7-3-5(4-8(14)10(7)15)9-6(12(18)19)1-2-17-11(9)16/h1-4H,(H,18,19). The lowest BCUT2D eigenvalue weighted by molar-refractivity contribution is 0.0697. The van der Waals surface area contributed by atoms with Crippen LogP contribution in [0.5, 0.6) is 0 Å². The highest BCUT2D eigenvalue weighted by Crippen LogP contribution is 2.36. The van der Waals surface area contributed by atoms with Crippen molar-refractivity contribution < 1.29 is 14.3 Å². The van der Waals surface area contributed by atoms with Gasteiger partial charge in [-0.05, 0) is 23.8 Å². The molecule has 0 aliphatic heterocycles. The molecular weight excluding hydrogens is 315 g/mol. The zero-order valence-electron chi connectivity index (χ0n) is 9.12. The Morgan fingerprint density at radius 2 is 1.79 bits per heavy atom. The van der Waals surface area contributed by atoms with Gasteiger partial charge in [0.15, 0.2) is 0 Å². The van der Waals surface area contributed by atoms with Gasteiger partial charge in [-0.1, -0.05) is 34.8 Å². The molecule has 19 heavy (non-hydrogen) atoms. The summed E-state index contributed by atoms with van der Waals surface area (Å²) < 4.78 is 13.8. The molecule has 0 bridgehead atoms. The molecule has 98 valence electrons. The van der Waals surface area contributed by atoms with Crippen molar-refractivity contribution in [2.45, 2.75) is 0 Å². The Morgan fingerprint density at radius 1 is 1.21 bits per heavy atom. The number of carbonyl (C=O) groups is 1. The second-order valence-corrected chi connectivity index (χ2v) is 4.78. The molecule has 0 amide bonds. The maximum Gasteiger partial charge on any atom is 0.336 e. The van der Waals surface area contributed by atoms with E-state index in [2.05, 4.69) is 4.98 Å². The number of pyridine rings is 1. The first-order chi connectivity index (χ1) is 8.91. The zero-order valence-corrected chi connectivity index (χ0v) is 11.4. The average molecular weight is 321 g/mol. The Kier molecular flexibility index (Phi) is 3.94. The number of halogens is 4. The van der Waals surface area contributed by atoms with Gasteiger partial charge in [0.2, 0.25) is 5.95 Å². The minimum atomic E-state index is -1.28. The van der Waals surface area contributed by atoms with Crippen LogP contribution in [-0.2, 0) is 0 Å². The average Bonchev–Trinajstić information content (AvgIpc) is 2.35. The Morgan fingerprint density at radius 3 is 2.32 bits per heavy atom. The highest BCUT2D eigenvalue weighted by Gasteiger charge is 2.19. The topological polar surface area (TPSA) is 50.2 Å². The van der Waals surface area contributed by atoms with E-state index in [1.807, 2.05) is 0 Å². The van der Waals surface area contributed by atoms with Crippen molar-refractivity contribution in [3.05, 3.63) is 51.0 Å². The van der Waals surface area contributed by atoms with Crippen LogP contribution in [0.3, 0.4) is 0 Å². The summed E-state index contributed by atoms with van der Waals surface area (Å²) in [5.41, 5.74) is -0.222. The van der Waals surface area contributed by atoms with Crippen molar-refractivity contribution in [2.24, 2.45) is 0 Å². The third kappa shape index (κ3) is 2.66. The molecule has 3 nitrogen and oxygen atoms in total. The molecule has 1 aromatic heterocycles. The second-order valence-electron chi connectivity index (χ2n) is 3.58. The lowest BCUT2D eigenvalue weighted by Crippen LogP contribution is -2.03. The first-order valence-electron chi connectivity index (χ1n) is 4.94. The fourth-order valence-electron chi connectivity index (χ4n) is 1.59. The molecule has 1 N–H and O–H groups in total. The quantitative estimate of drug-likeness (QED) is 0.652. The number of aromatic nitrogens is 1. The van der Waals surface area contributed by atoms with Crippen molar-refractivity contribution in [1.82, 2.24) is 4.98 Å². The molecule has 0 atom stereocenters. The molecular formula is C12H5Cl3FNO2. The van der Waals surface area contributed by atoms with Crippen LogP contribution in [0.4, 0.5) is 4.39 Å². The summed E-state index contributed by atoms with van der Waals surface area (Å²) in [4.78, 5) is 14.5. The van der Waals surface area contributed by atoms with Gasteiger partial charge in [-0.2, -0.15) is 4.39 Å². The minimum Gasteiger partial charge on any atom is -0.478 e. The number of carboxylic acids is 1. The Labute approximate surface area is 122 Å². The third-order valence-electron chi connectivity index (χ3n) is 2.41. The Balaban J connectivity index is 2.75. The number of benzene rings is 1. The molecule has 1 aromatic carbocycles. The Bertz CT molecular complexity index is 653. The van der Waals surface area contributed by atoms with E-state index >= 15 is 0 Å². The summed E-state index contributed by atoms with van der Waals surface area (Å²) in [7, 11) is 0. The summed E-state index contributed by atoms with van der Waals surface area (Å²) in [6.45, 7) is 0. The summed E-state index contributed by atoms with van der Waals surface area (Å²) in [6, 6.07) is 3.86. The van der Waals surface area contributed by atoms with E-state index in [1.54, 1.807) is 0 Å². The largest absolute Gasteiger partial charge is 0.478 e. The van der Waals surface area contributed by atoms with Crippen molar-refractivity contribution in [1.29, 1.82) is 0 Å². The lowest BCUT2D eigenvalue weighted by Gasteiger charge is -2.09. The molecule has 2 rings (SSSR count). The highest BCUT2D eigenvalue weighted by atomic mass is 35.5. The van der Waals surface area contributed by atoms with Gasteiger partial charge in [0.05, 0.1) is 26.2 Å². The van der Waals surface area contributed by atoms with E-state index in [0.717, 1.165) is 6.20 Å². The number of aromatic carboxylic acids is 1. The maximum absolute atomic E-state index is 13.8. The van der Waals surface area contributed by atoms with Crippen molar-refractivity contribution in [3.8, 4) is 11.1 Å². The fraction of sp³-hybridized carbons (Fsp3) is 0. The molecule has 0 aliphatic carbocycles. The van der Waals surface area contributed by atoms with E-state index in [-0.39, 0.29) is 31.8 Å². The van der Waals surface area contributed by atoms with Gasteiger partial charge < -0.3 is 5.11 Å². The number of hydrogen-bond donors (Lipinski definition) is 1. The third-order valence-corrected chi connectivity index (χ3v) is 3.60. The van der Waals surface area contributed by atoms with E-state index in [4.69, 9.17) is 39.9 Å². The van der Waals surface area contributed by atoms with E-state index in [0.29, 0.717) is 0 Å². The van der Waals surface area contributed by atoms with Crippen LogP contribution in [0.25, 0.3) is 11.1 Å². The van der Waals surface area contributed by atoms with Gasteiger partial charge in [-0.15, -0.1) is 0 Å². The highest BCUT2D eigenvalue weighted by molar-refractivity contribution is 6.48. The number of hydrogen-bond acceptors (Lipinski definition) is 2. The lowest BCUT2D eigenvalue weighted by atomic mass is 10.0. The van der Waals surface area contributed by atoms with Gasteiger partial charge in [0.1, 0.15) is 0 Å². The number of rotatable bonds is 2. The van der Waals surface area contributed by atoms with Gasteiger partial charge in [-0.3, -0.25) is 0 Å². The molecule has 2 aromatic rings. The van der Waals surface area contributed by atoms with Crippen LogP contribution in [0, 0.1) is 5.95 Å². The summed E-state index contributed by atoms with van der Waals surface area (Å²) in [5, 5.41) is 9.38. The molecule has 0 radical (unpaired) electrons. The number of nitrogens with zero attached hydrogens (tertiary/aromatic N) is 1. The predicted molar refractivity (Wildman–Crippen MR) is 71.6 cm³/mol. The monoisotopic (exact) mass is 319 g/mol. The maximum atomic E-state index is 13.8. The first-order valence-corrected chi connectivity index (χ1v) is 6.08. The predicted octanol–water partition coefficient (Wildman–Crippen LogP) is 4.55. The molecule has 0 unspecified atom stereocenters. The fourth-order valence-corrected chi connectivity index (χ4v) is 2.19. The van der Waals surface area contributed by atoms with Gasteiger partial charge >= 0.3 is 5.97 Å². The van der Waals surface area contributed by atoms with Crippen molar-refractivity contribution in [2.75, 3.05) is 0 Å². The summed E-state index contributed by atoms with van der Waals surface area (Å²) in [6.07, 6.45) is 1.07. The smallest absolute Gasteiger partial charge is 0.336 e. The summed E-state index contributed by atoms with van der Waals surface area (Å²) >= 11 is 17.5. The van der Waals surface area contributed by atoms with Gasteiger partial charge in [0.25, 0.3) is 0 Å². The Hall–Kier alpha value is -1.36. The zero-order chi connectivity index (χ0) is 14.2. The van der Waals surface area contributed by atoms with Crippen LogP contribution in [-0.4, -0.2) is 16.1 Å². The molecule has 0 aliphatic rings. The van der Waals surface area contributed by atoms with Crippen LogP contribution in [0.2, 0.25) is 15.1 Å². The van der Waals surface area contributed by atoms with Gasteiger partial charge in [0, 0.05) is 6.20 Å². The molecule has 0 spiro atoms. The first kappa shape index (κ1) is 14.1. The SMILES string of the molecule is O=C(O)c1ccnc(F)c1-c1cc(Cl)c(Cl)c(Cl)c1. The molecule has 1 heterocycles. The molecule has 0 saturated carbocycles. The minimum absolute atomic E-state index is 0.101. The molecule has 7 heteroatoms. The van der Waals surface area contributed by atoms with E-state index in [9.17, 15) is 9.18 Å². The van der Waals surface area contributed by atoms with Crippen LogP contribution in [0.1, 0.15) is 10.4 Å².